The third-order valence-corrected chi connectivity index (χ3v) is 5.50. The van der Waals surface area contributed by atoms with Gasteiger partial charge in [0.25, 0.3) is 5.69 Å². The van der Waals surface area contributed by atoms with Crippen molar-refractivity contribution in [3.63, 3.8) is 0 Å². The van der Waals surface area contributed by atoms with E-state index in [1.54, 1.807) is 18.2 Å². The molecule has 0 aliphatic heterocycles. The number of benzene rings is 1. The molecule has 0 saturated heterocycles. The van der Waals surface area contributed by atoms with Gasteiger partial charge in [0.05, 0.1) is 15.6 Å². The molecular formula is C19H20N2O5S. The van der Waals surface area contributed by atoms with E-state index in [0.717, 1.165) is 36.0 Å². The number of aryl methyl sites for hydroxylation is 1. The molecule has 8 heteroatoms. The minimum Gasteiger partial charge on any atom is -0.457 e. The van der Waals surface area contributed by atoms with Gasteiger partial charge >= 0.3 is 5.97 Å². The Morgan fingerprint density at radius 3 is 2.67 bits per heavy atom. The predicted octanol–water partition coefficient (Wildman–Crippen LogP) is 3.87. The molecule has 0 amide bonds. The molecule has 0 spiro atoms. The van der Waals surface area contributed by atoms with Crippen LogP contribution in [0.4, 0.5) is 5.69 Å². The zero-order valence-corrected chi connectivity index (χ0v) is 16.0. The van der Waals surface area contributed by atoms with E-state index in [1.165, 1.54) is 6.07 Å². The van der Waals surface area contributed by atoms with Gasteiger partial charge in [-0.25, -0.2) is 0 Å². The average molecular weight is 388 g/mol. The zero-order chi connectivity index (χ0) is 19.6. The molecule has 0 atom stereocenters. The first-order valence-corrected chi connectivity index (χ1v) is 9.60. The van der Waals surface area contributed by atoms with Gasteiger partial charge in [0, 0.05) is 29.1 Å². The highest BCUT2D eigenvalue weighted by Crippen LogP contribution is 2.38. The maximum absolute atomic E-state index is 12.4. The molecule has 0 radical (unpaired) electrons. The van der Waals surface area contributed by atoms with Gasteiger partial charge in [-0.2, -0.15) is 0 Å². The van der Waals surface area contributed by atoms with E-state index in [0.29, 0.717) is 16.5 Å². The number of ether oxygens (including phenoxy) is 1. The minimum absolute atomic E-state index is 0.0566. The normalized spacial score (nSPS) is 13.4. The molecule has 1 fully saturated rings. The Kier molecular flexibility index (Phi) is 5.65. The Balaban J connectivity index is 1.55. The number of thioether (sulfide) groups is 1. The average Bonchev–Trinajstić information content (AvgIpc) is 3.42. The Labute approximate surface area is 160 Å². The molecule has 1 saturated carbocycles. The van der Waals surface area contributed by atoms with E-state index < -0.39 is 10.9 Å². The number of aromatic nitrogens is 1. The van der Waals surface area contributed by atoms with Crippen LogP contribution < -0.4 is 0 Å². The summed E-state index contributed by atoms with van der Waals surface area (Å²) in [7, 11) is 0. The number of nitro benzene ring substituents is 1. The van der Waals surface area contributed by atoms with Gasteiger partial charge in [-0.15, -0.1) is 11.8 Å². The van der Waals surface area contributed by atoms with Crippen LogP contribution in [0.15, 0.2) is 35.2 Å². The number of rotatable bonds is 8. The van der Waals surface area contributed by atoms with E-state index in [4.69, 9.17) is 4.74 Å². The standard InChI is InChI=1S/C19H20N2O5S/c1-12-9-15(13(2)20(12)14-7-8-14)17(22)10-26-19(23)11-27-18-6-4-3-5-16(18)21(24)25/h3-6,9,14H,7-8,10-11H2,1-2H3. The summed E-state index contributed by atoms with van der Waals surface area (Å²) in [6, 6.07) is 8.51. The molecule has 0 unspecified atom stereocenters. The number of hydrogen-bond acceptors (Lipinski definition) is 6. The van der Waals surface area contributed by atoms with Crippen molar-refractivity contribution < 1.29 is 19.2 Å². The zero-order valence-electron chi connectivity index (χ0n) is 15.1. The SMILES string of the molecule is Cc1cc(C(=O)COC(=O)CSc2ccccc2[N+](=O)[O-])c(C)n1C1CC1. The number of esters is 1. The van der Waals surface area contributed by atoms with E-state index in [1.807, 2.05) is 19.9 Å². The lowest BCUT2D eigenvalue weighted by atomic mass is 10.1. The summed E-state index contributed by atoms with van der Waals surface area (Å²) in [6.45, 7) is 3.55. The first-order valence-electron chi connectivity index (χ1n) is 8.62. The third-order valence-electron chi connectivity index (χ3n) is 4.47. The Morgan fingerprint density at radius 1 is 1.30 bits per heavy atom. The molecule has 1 heterocycles. The number of Topliss-reactive ketones (excluding diaryl/α,β-unsaturated/α-hetero) is 1. The second kappa shape index (κ2) is 7.96. The molecule has 1 aliphatic rings. The number of hydrogen-bond donors (Lipinski definition) is 0. The van der Waals surface area contributed by atoms with Crippen molar-refractivity contribution in [1.29, 1.82) is 0 Å². The highest BCUT2D eigenvalue weighted by molar-refractivity contribution is 8.00. The highest BCUT2D eigenvalue weighted by Gasteiger charge is 2.28. The van der Waals surface area contributed by atoms with Gasteiger partial charge in [-0.3, -0.25) is 19.7 Å². The van der Waals surface area contributed by atoms with Crippen LogP contribution in [0.2, 0.25) is 0 Å². The molecule has 1 aliphatic carbocycles. The van der Waals surface area contributed by atoms with Crippen molar-refractivity contribution >= 4 is 29.2 Å². The van der Waals surface area contributed by atoms with Crippen molar-refractivity contribution in [1.82, 2.24) is 4.57 Å². The van der Waals surface area contributed by atoms with Crippen molar-refractivity contribution in [2.24, 2.45) is 0 Å². The van der Waals surface area contributed by atoms with E-state index in [2.05, 4.69) is 4.57 Å². The Morgan fingerprint density at radius 2 is 2.00 bits per heavy atom. The summed E-state index contributed by atoms with van der Waals surface area (Å²) in [5.74, 6) is -0.916. The fraction of sp³-hybridized carbons (Fsp3) is 0.368. The van der Waals surface area contributed by atoms with Crippen LogP contribution in [-0.2, 0) is 9.53 Å². The summed E-state index contributed by atoms with van der Waals surface area (Å²) in [6.07, 6.45) is 2.25. The van der Waals surface area contributed by atoms with Crippen molar-refractivity contribution in [3.05, 3.63) is 57.4 Å². The molecule has 2 aromatic rings. The van der Waals surface area contributed by atoms with Crippen LogP contribution >= 0.6 is 11.8 Å². The molecule has 7 nitrogen and oxygen atoms in total. The molecule has 27 heavy (non-hydrogen) atoms. The lowest BCUT2D eigenvalue weighted by molar-refractivity contribution is -0.387. The summed E-state index contributed by atoms with van der Waals surface area (Å²) in [4.78, 5) is 35.2. The number of nitrogens with zero attached hydrogens (tertiary/aromatic N) is 2. The molecule has 0 N–H and O–H groups in total. The van der Waals surface area contributed by atoms with Gasteiger partial charge < -0.3 is 9.30 Å². The second-order valence-electron chi connectivity index (χ2n) is 6.48. The predicted molar refractivity (Wildman–Crippen MR) is 101 cm³/mol. The van der Waals surface area contributed by atoms with Crippen molar-refractivity contribution in [3.8, 4) is 0 Å². The fourth-order valence-corrected chi connectivity index (χ4v) is 3.91. The number of ketones is 1. The molecule has 1 aromatic carbocycles. The van der Waals surface area contributed by atoms with Crippen LogP contribution in [0, 0.1) is 24.0 Å². The highest BCUT2D eigenvalue weighted by atomic mass is 32.2. The number of nitro groups is 1. The van der Waals surface area contributed by atoms with Crippen molar-refractivity contribution in [2.45, 2.75) is 37.6 Å². The van der Waals surface area contributed by atoms with Crippen LogP contribution in [-0.4, -0.2) is 33.6 Å². The third kappa shape index (κ3) is 4.39. The van der Waals surface area contributed by atoms with E-state index in [9.17, 15) is 19.7 Å². The molecule has 3 rings (SSSR count). The van der Waals surface area contributed by atoms with E-state index in [-0.39, 0.29) is 23.8 Å². The van der Waals surface area contributed by atoms with Crippen LogP contribution in [0.3, 0.4) is 0 Å². The maximum atomic E-state index is 12.4. The van der Waals surface area contributed by atoms with Gasteiger partial charge in [0.15, 0.2) is 6.61 Å². The summed E-state index contributed by atoms with van der Waals surface area (Å²) in [5, 5.41) is 11.0. The Bertz CT molecular complexity index is 902. The van der Waals surface area contributed by atoms with Gasteiger partial charge in [-0.05, 0) is 38.8 Å². The molecule has 1 aromatic heterocycles. The summed E-state index contributed by atoms with van der Waals surface area (Å²) in [5.41, 5.74) is 2.47. The molecule has 0 bridgehead atoms. The van der Waals surface area contributed by atoms with Gasteiger partial charge in [0.1, 0.15) is 0 Å². The lowest BCUT2D eigenvalue weighted by Gasteiger charge is -2.08. The van der Waals surface area contributed by atoms with E-state index >= 15 is 0 Å². The molecule has 142 valence electrons. The monoisotopic (exact) mass is 388 g/mol. The summed E-state index contributed by atoms with van der Waals surface area (Å²) >= 11 is 1.02. The van der Waals surface area contributed by atoms with Gasteiger partial charge in [0.2, 0.25) is 5.78 Å². The first kappa shape index (κ1) is 19.2. The minimum atomic E-state index is -0.581. The maximum Gasteiger partial charge on any atom is 0.316 e. The van der Waals surface area contributed by atoms with Crippen LogP contribution in [0.1, 0.15) is 40.6 Å². The number of para-hydroxylation sites is 1. The lowest BCUT2D eigenvalue weighted by Crippen LogP contribution is -2.16. The topological polar surface area (TPSA) is 91.4 Å². The van der Waals surface area contributed by atoms with Crippen LogP contribution in [0.5, 0.6) is 0 Å². The van der Waals surface area contributed by atoms with Crippen molar-refractivity contribution in [2.75, 3.05) is 12.4 Å². The van der Waals surface area contributed by atoms with Crippen LogP contribution in [0.25, 0.3) is 0 Å². The first-order chi connectivity index (χ1) is 12.9. The second-order valence-corrected chi connectivity index (χ2v) is 7.50. The molecular weight excluding hydrogens is 368 g/mol. The number of carbonyl (C=O) groups excluding carboxylic acids is 2. The largest absolute Gasteiger partial charge is 0.457 e. The fourth-order valence-electron chi connectivity index (χ4n) is 3.09. The quantitative estimate of drug-likeness (QED) is 0.224. The Hall–Kier alpha value is -2.61. The number of carbonyl (C=O) groups is 2. The smallest absolute Gasteiger partial charge is 0.316 e. The summed E-state index contributed by atoms with van der Waals surface area (Å²) < 4.78 is 7.24. The van der Waals surface area contributed by atoms with Gasteiger partial charge in [-0.1, -0.05) is 12.1 Å².